The van der Waals surface area contributed by atoms with Crippen LogP contribution in [-0.2, 0) is 11.0 Å². The van der Waals surface area contributed by atoms with Gasteiger partial charge in [-0.2, -0.15) is 13.2 Å². The number of nitrogens with zero attached hydrogens (tertiary/aromatic N) is 2. The lowest BCUT2D eigenvalue weighted by atomic mass is 9.74. The van der Waals surface area contributed by atoms with E-state index in [-0.39, 0.29) is 6.42 Å². The molecule has 1 aromatic heterocycles. The van der Waals surface area contributed by atoms with E-state index < -0.39 is 29.2 Å². The molecule has 4 rings (SSSR count). The Morgan fingerprint density at radius 3 is 2.52 bits per heavy atom. The average Bonchev–Trinajstić information content (AvgIpc) is 2.94. The fourth-order valence-corrected chi connectivity index (χ4v) is 6.30. The minimum atomic E-state index is -4.34. The number of alkyl halides is 3. The van der Waals surface area contributed by atoms with Crippen molar-refractivity contribution < 1.29 is 32.9 Å². The largest absolute Gasteiger partial charge is 0.497 e. The van der Waals surface area contributed by atoms with Gasteiger partial charge in [0.2, 0.25) is 0 Å². The van der Waals surface area contributed by atoms with Crippen molar-refractivity contribution in [3.63, 3.8) is 0 Å². The van der Waals surface area contributed by atoms with Gasteiger partial charge in [-0.3, -0.25) is 9.78 Å². The summed E-state index contributed by atoms with van der Waals surface area (Å²) >= 11 is 7.93. The number of likely N-dealkylation sites (tertiary alicyclic amines) is 1. The summed E-state index contributed by atoms with van der Waals surface area (Å²) in [4.78, 5) is 19.7. The second kappa shape index (κ2) is 13.0. The summed E-state index contributed by atoms with van der Waals surface area (Å²) in [5.41, 5.74) is -0.400. The zero-order valence-corrected chi connectivity index (χ0v) is 23.7. The second-order valence-electron chi connectivity index (χ2n) is 10.1. The molecule has 3 aromatic rings. The summed E-state index contributed by atoms with van der Waals surface area (Å²) in [6, 6.07) is 10.5. The first-order valence-electron chi connectivity index (χ1n) is 13.1. The van der Waals surface area contributed by atoms with Crippen molar-refractivity contribution in [2.24, 2.45) is 5.41 Å². The summed E-state index contributed by atoms with van der Waals surface area (Å²) < 4.78 is 43.5. The quantitative estimate of drug-likeness (QED) is 0.181. The number of carboxylic acid groups (broad SMARTS) is 1. The van der Waals surface area contributed by atoms with Gasteiger partial charge in [0.15, 0.2) is 0 Å². The summed E-state index contributed by atoms with van der Waals surface area (Å²) in [5, 5.41) is 22.3. The molecule has 1 aliphatic heterocycles. The summed E-state index contributed by atoms with van der Waals surface area (Å²) in [6.07, 6.45) is -1.47. The van der Waals surface area contributed by atoms with E-state index in [0.717, 1.165) is 35.7 Å². The molecule has 1 saturated heterocycles. The molecule has 216 valence electrons. The number of hydrogen-bond donors (Lipinski definition) is 2. The Hall–Kier alpha value is -2.53. The Balaban J connectivity index is 1.29. The maximum atomic E-state index is 12.7. The van der Waals surface area contributed by atoms with Crippen molar-refractivity contribution in [3.8, 4) is 5.75 Å². The van der Waals surface area contributed by atoms with Crippen molar-refractivity contribution in [1.82, 2.24) is 9.88 Å². The molecule has 1 aliphatic rings. The van der Waals surface area contributed by atoms with Gasteiger partial charge in [-0.25, -0.2) is 0 Å². The van der Waals surface area contributed by atoms with Gasteiger partial charge in [-0.15, -0.1) is 11.8 Å². The van der Waals surface area contributed by atoms with E-state index in [4.69, 9.17) is 16.3 Å². The van der Waals surface area contributed by atoms with Crippen molar-refractivity contribution in [3.05, 3.63) is 64.8 Å². The number of ether oxygens (including phenoxy) is 1. The van der Waals surface area contributed by atoms with Crippen molar-refractivity contribution in [2.45, 2.75) is 49.3 Å². The van der Waals surface area contributed by atoms with Crippen LogP contribution < -0.4 is 4.74 Å². The van der Waals surface area contributed by atoms with Gasteiger partial charge in [-0.1, -0.05) is 11.6 Å². The molecule has 0 amide bonds. The van der Waals surface area contributed by atoms with Crippen LogP contribution in [0.1, 0.15) is 49.3 Å². The van der Waals surface area contributed by atoms with E-state index in [1.807, 2.05) is 0 Å². The van der Waals surface area contributed by atoms with Crippen molar-refractivity contribution >= 4 is 40.2 Å². The molecule has 2 aromatic carbocycles. The number of rotatable bonds is 11. The summed E-state index contributed by atoms with van der Waals surface area (Å²) in [5.74, 6) is 0.505. The van der Waals surface area contributed by atoms with Gasteiger partial charge >= 0.3 is 12.1 Å². The van der Waals surface area contributed by atoms with E-state index in [1.54, 1.807) is 25.3 Å². The Bertz CT molecular complexity index is 1320. The smallest absolute Gasteiger partial charge is 0.416 e. The molecule has 1 fully saturated rings. The maximum Gasteiger partial charge on any atom is 0.416 e. The predicted molar refractivity (Wildman–Crippen MR) is 150 cm³/mol. The van der Waals surface area contributed by atoms with E-state index in [1.165, 1.54) is 30.1 Å². The van der Waals surface area contributed by atoms with Gasteiger partial charge in [-0.05, 0) is 100.0 Å². The molecule has 1 atom stereocenters. The highest BCUT2D eigenvalue weighted by Crippen LogP contribution is 2.41. The standard InChI is InChI=1S/C29H32ClF3N2O4S/c1-39-20-5-8-24-22(17-20)26(23(30)18-34-24)25(36)9-10-28(27(37)38)11-14-35(15-12-28)13-2-16-40-21-6-3-19(4-7-21)29(31,32)33/h3-8,17-18,25,36H,2,9-16H2,1H3,(H,37,38)/t25-/m0/s1. The number of aliphatic hydroxyl groups excluding tert-OH is 1. The highest BCUT2D eigenvalue weighted by molar-refractivity contribution is 7.99. The third-order valence-corrected chi connectivity index (χ3v) is 9.03. The molecule has 0 unspecified atom stereocenters. The van der Waals surface area contributed by atoms with Crippen molar-refractivity contribution in [1.29, 1.82) is 0 Å². The fourth-order valence-electron chi connectivity index (χ4n) is 5.18. The molecule has 2 heterocycles. The van der Waals surface area contributed by atoms with Crippen LogP contribution in [0, 0.1) is 5.41 Å². The summed E-state index contributed by atoms with van der Waals surface area (Å²) in [6.45, 7) is 2.04. The van der Waals surface area contributed by atoms with Crippen LogP contribution in [0.3, 0.4) is 0 Å². The fraction of sp³-hybridized carbons (Fsp3) is 0.448. The molecule has 11 heteroatoms. The van der Waals surface area contributed by atoms with Crippen LogP contribution in [0.25, 0.3) is 10.9 Å². The molecule has 6 nitrogen and oxygen atoms in total. The van der Waals surface area contributed by atoms with Crippen molar-refractivity contribution in [2.75, 3.05) is 32.5 Å². The number of aliphatic hydroxyl groups is 1. The number of aromatic nitrogens is 1. The highest BCUT2D eigenvalue weighted by Gasteiger charge is 2.41. The molecule has 0 spiro atoms. The van der Waals surface area contributed by atoms with Gasteiger partial charge in [0.05, 0.1) is 34.7 Å². The van der Waals surface area contributed by atoms with Gasteiger partial charge in [0, 0.05) is 22.0 Å². The number of carbonyl (C=O) groups is 1. The number of carboxylic acids is 1. The third-order valence-electron chi connectivity index (χ3n) is 7.63. The van der Waals surface area contributed by atoms with Gasteiger partial charge in [0.1, 0.15) is 5.75 Å². The maximum absolute atomic E-state index is 12.7. The van der Waals surface area contributed by atoms with Crippen LogP contribution >= 0.6 is 23.4 Å². The molecule has 40 heavy (non-hydrogen) atoms. The van der Waals surface area contributed by atoms with Crippen LogP contribution in [0.15, 0.2) is 53.6 Å². The van der Waals surface area contributed by atoms with Crippen LogP contribution in [-0.4, -0.2) is 58.6 Å². The number of hydrogen-bond acceptors (Lipinski definition) is 6. The molecule has 0 saturated carbocycles. The Morgan fingerprint density at radius 1 is 1.20 bits per heavy atom. The number of halogens is 4. The number of thioether (sulfide) groups is 1. The zero-order chi connectivity index (χ0) is 28.9. The number of piperidine rings is 1. The third kappa shape index (κ3) is 7.21. The lowest BCUT2D eigenvalue weighted by Crippen LogP contribution is -2.44. The molecule has 0 radical (unpaired) electrons. The Labute approximate surface area is 240 Å². The number of pyridine rings is 1. The van der Waals surface area contributed by atoms with E-state index in [0.29, 0.717) is 59.6 Å². The van der Waals surface area contributed by atoms with Gasteiger partial charge < -0.3 is 19.8 Å². The second-order valence-corrected chi connectivity index (χ2v) is 11.7. The Kier molecular flexibility index (Phi) is 9.87. The van der Waals surface area contributed by atoms with E-state index in [9.17, 15) is 28.2 Å². The first-order valence-corrected chi connectivity index (χ1v) is 14.4. The van der Waals surface area contributed by atoms with Crippen LogP contribution in [0.4, 0.5) is 13.2 Å². The summed E-state index contributed by atoms with van der Waals surface area (Å²) in [7, 11) is 1.55. The number of fused-ring (bicyclic) bond motifs is 1. The number of aliphatic carboxylic acids is 1. The van der Waals surface area contributed by atoms with Crippen LogP contribution in [0.2, 0.25) is 5.02 Å². The first kappa shape index (κ1) is 30.4. The normalized spacial score (nSPS) is 16.6. The number of methoxy groups -OCH3 is 1. The lowest BCUT2D eigenvalue weighted by molar-refractivity contribution is -0.153. The molecule has 0 bridgehead atoms. The average molecular weight is 597 g/mol. The highest BCUT2D eigenvalue weighted by atomic mass is 35.5. The van der Waals surface area contributed by atoms with E-state index >= 15 is 0 Å². The SMILES string of the molecule is COc1ccc2ncc(Cl)c([C@@H](O)CCC3(C(=O)O)CCN(CCCSc4ccc(C(F)(F)F)cc4)CC3)c2c1. The predicted octanol–water partition coefficient (Wildman–Crippen LogP) is 7.08. The minimum Gasteiger partial charge on any atom is -0.497 e. The lowest BCUT2D eigenvalue weighted by Gasteiger charge is -2.39. The number of benzene rings is 2. The minimum absolute atomic E-state index is 0.242. The molecular weight excluding hydrogens is 565 g/mol. The van der Waals surface area contributed by atoms with Crippen LogP contribution in [0.5, 0.6) is 5.75 Å². The topological polar surface area (TPSA) is 82.9 Å². The molecular formula is C29H32ClF3N2O4S. The van der Waals surface area contributed by atoms with E-state index in [2.05, 4.69) is 9.88 Å². The zero-order valence-electron chi connectivity index (χ0n) is 22.1. The Morgan fingerprint density at radius 2 is 1.90 bits per heavy atom. The first-order chi connectivity index (χ1) is 19.0. The van der Waals surface area contributed by atoms with Gasteiger partial charge in [0.25, 0.3) is 0 Å². The molecule has 2 N–H and O–H groups in total. The monoisotopic (exact) mass is 596 g/mol. The molecule has 0 aliphatic carbocycles.